The molecule has 2 N–H and O–H groups in total. The van der Waals surface area contributed by atoms with Gasteiger partial charge in [-0.3, -0.25) is 9.48 Å². The minimum absolute atomic E-state index is 0.0323. The highest BCUT2D eigenvalue weighted by Crippen LogP contribution is 2.30. The van der Waals surface area contributed by atoms with Crippen molar-refractivity contribution < 1.29 is 4.79 Å². The second kappa shape index (κ2) is 6.74. The Kier molecular flexibility index (Phi) is 4.28. The predicted molar refractivity (Wildman–Crippen MR) is 96.9 cm³/mol. The van der Waals surface area contributed by atoms with Gasteiger partial charge in [-0.1, -0.05) is 19.1 Å². The van der Waals surface area contributed by atoms with Crippen molar-refractivity contribution in [3.05, 3.63) is 59.4 Å². The fraction of sp³-hybridized carbons (Fsp3) is 0.368. The van der Waals surface area contributed by atoms with Crippen molar-refractivity contribution in [2.45, 2.75) is 45.1 Å². The summed E-state index contributed by atoms with van der Waals surface area (Å²) in [5.74, 6) is 0.806. The Morgan fingerprint density at radius 1 is 1.31 bits per heavy atom. The number of aryl methyl sites for hydroxylation is 1. The Morgan fingerprint density at radius 3 is 2.92 bits per heavy atom. The smallest absolute Gasteiger partial charge is 0.225 e. The molecule has 0 spiro atoms. The van der Waals surface area contributed by atoms with Crippen LogP contribution < -0.4 is 5.73 Å². The van der Waals surface area contributed by atoms with Crippen molar-refractivity contribution >= 4 is 5.91 Å². The highest BCUT2D eigenvalue weighted by Gasteiger charge is 2.25. The van der Waals surface area contributed by atoms with E-state index >= 15 is 0 Å². The molecule has 1 aliphatic rings. The molecule has 4 rings (SSSR count). The second-order valence-electron chi connectivity index (χ2n) is 6.62. The minimum Gasteiger partial charge on any atom is -0.369 e. The number of carbonyl (C=O) groups excluding carboxylic acids is 1. The Balaban J connectivity index is 1.87. The van der Waals surface area contributed by atoms with Crippen molar-refractivity contribution in [1.82, 2.24) is 24.5 Å². The predicted octanol–water partition coefficient (Wildman–Crippen LogP) is 1.98. The average Bonchev–Trinajstić information content (AvgIpc) is 3.35. The monoisotopic (exact) mass is 350 g/mol. The molecule has 0 aliphatic heterocycles. The highest BCUT2D eigenvalue weighted by molar-refractivity contribution is 5.75. The minimum atomic E-state index is -0.431. The number of aromatic nitrogens is 5. The Labute approximate surface area is 151 Å². The molecule has 0 fully saturated rings. The van der Waals surface area contributed by atoms with Crippen molar-refractivity contribution in [1.29, 1.82) is 0 Å². The molecule has 0 saturated carbocycles. The second-order valence-corrected chi connectivity index (χ2v) is 6.62. The molecule has 1 aliphatic carbocycles. The lowest BCUT2D eigenvalue weighted by molar-refractivity contribution is -0.117. The quantitative estimate of drug-likeness (QED) is 0.736. The van der Waals surface area contributed by atoms with Crippen LogP contribution in [0.15, 0.2) is 36.7 Å². The third-order valence-corrected chi connectivity index (χ3v) is 4.89. The molecule has 26 heavy (non-hydrogen) atoms. The van der Waals surface area contributed by atoms with E-state index in [1.807, 2.05) is 21.6 Å². The van der Waals surface area contributed by atoms with Gasteiger partial charge in [0.2, 0.25) is 5.91 Å². The van der Waals surface area contributed by atoms with Gasteiger partial charge in [-0.05, 0) is 48.9 Å². The molecule has 1 atom stereocenters. The number of hydrogen-bond acceptors (Lipinski definition) is 4. The number of amides is 1. The number of benzene rings is 1. The van der Waals surface area contributed by atoms with Gasteiger partial charge in [-0.15, -0.1) is 0 Å². The third kappa shape index (κ3) is 2.89. The van der Waals surface area contributed by atoms with E-state index in [1.54, 1.807) is 6.20 Å². The number of hydrogen-bond donors (Lipinski definition) is 1. The molecule has 1 aromatic carbocycles. The molecule has 0 unspecified atom stereocenters. The summed E-state index contributed by atoms with van der Waals surface area (Å²) in [6.45, 7) is 2.09. The molecule has 3 aromatic rings. The summed E-state index contributed by atoms with van der Waals surface area (Å²) in [4.78, 5) is 16.1. The van der Waals surface area contributed by atoms with Crippen molar-refractivity contribution in [2.24, 2.45) is 5.73 Å². The van der Waals surface area contributed by atoms with Crippen molar-refractivity contribution in [2.75, 3.05) is 0 Å². The van der Waals surface area contributed by atoms with E-state index in [-0.39, 0.29) is 12.5 Å². The highest BCUT2D eigenvalue weighted by atomic mass is 16.1. The van der Waals surface area contributed by atoms with Crippen LogP contribution in [0.25, 0.3) is 5.69 Å². The normalized spacial score (nSPS) is 14.3. The lowest BCUT2D eigenvalue weighted by Crippen LogP contribution is -2.17. The van der Waals surface area contributed by atoms with Crippen LogP contribution >= 0.6 is 0 Å². The Bertz CT molecular complexity index is 928. The molecule has 1 amide bonds. The standard InChI is InChI=1S/C19H22N6O/c1-2-15(24-11-5-10-21-24)19-22-18(12-17(20)26)23-25(19)16-9-4-7-13-6-3-8-14(13)16/h4-5,7,9-11,15H,2-3,6,8,12H2,1H3,(H2,20,26)/t15-/m1/s1. The van der Waals surface area contributed by atoms with Crippen LogP contribution in [0.1, 0.15) is 48.6 Å². The molecule has 7 nitrogen and oxygen atoms in total. The van der Waals surface area contributed by atoms with Crippen molar-refractivity contribution in [3.63, 3.8) is 0 Å². The molecule has 0 saturated heterocycles. The number of rotatable bonds is 6. The number of nitrogens with two attached hydrogens (primary N) is 1. The number of primary amides is 1. The molecule has 2 heterocycles. The van der Waals surface area contributed by atoms with Gasteiger partial charge in [0.15, 0.2) is 11.6 Å². The Hall–Kier alpha value is -2.96. The zero-order valence-corrected chi connectivity index (χ0v) is 14.8. The molecule has 7 heteroatoms. The van der Waals surface area contributed by atoms with Gasteiger partial charge in [0.25, 0.3) is 0 Å². The SMILES string of the molecule is CC[C@H](c1nc(CC(N)=O)nn1-c1cccc2c1CCC2)n1cccn1. The van der Waals surface area contributed by atoms with Gasteiger partial charge >= 0.3 is 0 Å². The van der Waals surface area contributed by atoms with E-state index < -0.39 is 5.91 Å². The molecule has 134 valence electrons. The van der Waals surface area contributed by atoms with E-state index in [9.17, 15) is 4.79 Å². The van der Waals surface area contributed by atoms with Gasteiger partial charge in [0.05, 0.1) is 12.1 Å². The van der Waals surface area contributed by atoms with E-state index in [2.05, 4.69) is 40.3 Å². The van der Waals surface area contributed by atoms with Crippen LogP contribution in [-0.2, 0) is 24.1 Å². The van der Waals surface area contributed by atoms with Crippen molar-refractivity contribution in [3.8, 4) is 5.69 Å². The molecule has 0 radical (unpaired) electrons. The third-order valence-electron chi connectivity index (χ3n) is 4.89. The van der Waals surface area contributed by atoms with Gasteiger partial charge in [-0.2, -0.15) is 10.2 Å². The van der Waals surface area contributed by atoms with Gasteiger partial charge in [0, 0.05) is 12.4 Å². The van der Waals surface area contributed by atoms with E-state index in [1.165, 1.54) is 11.1 Å². The summed E-state index contributed by atoms with van der Waals surface area (Å²) in [5.41, 5.74) is 9.10. The lowest BCUT2D eigenvalue weighted by Gasteiger charge is -2.17. The average molecular weight is 350 g/mol. The van der Waals surface area contributed by atoms with Crippen LogP contribution in [0, 0.1) is 0 Å². The maximum atomic E-state index is 11.4. The first-order valence-electron chi connectivity index (χ1n) is 9.01. The first kappa shape index (κ1) is 16.5. The fourth-order valence-electron chi connectivity index (χ4n) is 3.74. The summed E-state index contributed by atoms with van der Waals surface area (Å²) in [6.07, 6.45) is 7.81. The summed E-state index contributed by atoms with van der Waals surface area (Å²) < 4.78 is 3.77. The summed E-state index contributed by atoms with van der Waals surface area (Å²) in [7, 11) is 0. The van der Waals surface area contributed by atoms with E-state index in [4.69, 9.17) is 5.73 Å². The fourth-order valence-corrected chi connectivity index (χ4v) is 3.74. The number of fused-ring (bicyclic) bond motifs is 1. The van der Waals surface area contributed by atoms with Gasteiger partial charge in [-0.25, -0.2) is 9.67 Å². The van der Waals surface area contributed by atoms with Gasteiger partial charge < -0.3 is 5.73 Å². The summed E-state index contributed by atoms with van der Waals surface area (Å²) in [5, 5.41) is 9.03. The van der Waals surface area contributed by atoms with Crippen LogP contribution in [0.4, 0.5) is 0 Å². The summed E-state index contributed by atoms with van der Waals surface area (Å²) in [6, 6.07) is 8.15. The summed E-state index contributed by atoms with van der Waals surface area (Å²) >= 11 is 0. The molecular formula is C19H22N6O. The zero-order chi connectivity index (χ0) is 18.1. The maximum absolute atomic E-state index is 11.4. The molecular weight excluding hydrogens is 328 g/mol. The van der Waals surface area contributed by atoms with Crippen LogP contribution in [0.5, 0.6) is 0 Å². The zero-order valence-electron chi connectivity index (χ0n) is 14.8. The van der Waals surface area contributed by atoms with Crippen LogP contribution in [-0.4, -0.2) is 30.5 Å². The number of nitrogens with zero attached hydrogens (tertiary/aromatic N) is 5. The van der Waals surface area contributed by atoms with E-state index in [0.717, 1.165) is 37.2 Å². The lowest BCUT2D eigenvalue weighted by atomic mass is 10.1. The van der Waals surface area contributed by atoms with Crippen LogP contribution in [0.3, 0.4) is 0 Å². The molecule has 0 bridgehead atoms. The Morgan fingerprint density at radius 2 is 2.19 bits per heavy atom. The maximum Gasteiger partial charge on any atom is 0.225 e. The topological polar surface area (TPSA) is 91.6 Å². The van der Waals surface area contributed by atoms with E-state index in [0.29, 0.717) is 5.82 Å². The first-order chi connectivity index (χ1) is 12.7. The molecule has 2 aromatic heterocycles. The first-order valence-corrected chi connectivity index (χ1v) is 9.01. The van der Waals surface area contributed by atoms with Crippen LogP contribution in [0.2, 0.25) is 0 Å². The largest absolute Gasteiger partial charge is 0.369 e. The number of carbonyl (C=O) groups is 1. The van der Waals surface area contributed by atoms with Gasteiger partial charge in [0.1, 0.15) is 6.04 Å².